The first-order chi connectivity index (χ1) is 10.7. The van der Waals surface area contributed by atoms with Crippen LogP contribution < -0.4 is 11.1 Å². The summed E-state index contributed by atoms with van der Waals surface area (Å²) in [7, 11) is 0. The van der Waals surface area contributed by atoms with Gasteiger partial charge in [-0.2, -0.15) is 9.61 Å². The Kier molecular flexibility index (Phi) is 3.53. The lowest BCUT2D eigenvalue weighted by atomic mass is 10.2. The monoisotopic (exact) mass is 299 g/mol. The SMILES string of the molecule is CCc1cnn2c(N[C@H]3CC[C@H](N)C3)cc(CC3CC3)nc12. The Bertz CT molecular complexity index is 673. The minimum absolute atomic E-state index is 0.338. The van der Waals surface area contributed by atoms with Crippen LogP contribution in [0.2, 0.25) is 0 Å². The molecule has 2 heterocycles. The first-order valence-corrected chi connectivity index (χ1v) is 8.61. The number of rotatable bonds is 5. The van der Waals surface area contributed by atoms with Crippen LogP contribution >= 0.6 is 0 Å². The van der Waals surface area contributed by atoms with Gasteiger partial charge < -0.3 is 11.1 Å². The molecule has 2 saturated carbocycles. The quantitative estimate of drug-likeness (QED) is 0.890. The molecule has 0 unspecified atom stereocenters. The summed E-state index contributed by atoms with van der Waals surface area (Å²) in [5, 5.41) is 8.21. The van der Waals surface area contributed by atoms with Gasteiger partial charge in [-0.1, -0.05) is 6.92 Å². The highest BCUT2D eigenvalue weighted by Gasteiger charge is 2.25. The Morgan fingerprint density at radius 3 is 2.86 bits per heavy atom. The van der Waals surface area contributed by atoms with Gasteiger partial charge in [0.2, 0.25) is 0 Å². The van der Waals surface area contributed by atoms with E-state index >= 15 is 0 Å². The number of nitrogens with zero attached hydrogens (tertiary/aromatic N) is 3. The van der Waals surface area contributed by atoms with Crippen molar-refractivity contribution in [2.24, 2.45) is 11.7 Å². The maximum atomic E-state index is 6.05. The number of nitrogens with two attached hydrogens (primary N) is 1. The second kappa shape index (κ2) is 5.54. The van der Waals surface area contributed by atoms with Crippen molar-refractivity contribution >= 4 is 11.5 Å². The highest BCUT2D eigenvalue weighted by Crippen LogP contribution is 2.33. The Morgan fingerprint density at radius 1 is 1.32 bits per heavy atom. The summed E-state index contributed by atoms with van der Waals surface area (Å²) in [4.78, 5) is 4.87. The molecule has 0 aliphatic heterocycles. The maximum absolute atomic E-state index is 6.05. The molecule has 2 aromatic heterocycles. The fraction of sp³-hybridized carbons (Fsp3) is 0.647. The molecule has 5 nitrogen and oxygen atoms in total. The third kappa shape index (κ3) is 2.70. The average molecular weight is 299 g/mol. The lowest BCUT2D eigenvalue weighted by molar-refractivity contribution is 0.683. The Morgan fingerprint density at radius 2 is 2.18 bits per heavy atom. The zero-order chi connectivity index (χ0) is 15.1. The zero-order valence-electron chi connectivity index (χ0n) is 13.3. The van der Waals surface area contributed by atoms with Gasteiger partial charge in [0.05, 0.1) is 6.20 Å². The summed E-state index contributed by atoms with van der Waals surface area (Å²) < 4.78 is 1.97. The number of hydrogen-bond acceptors (Lipinski definition) is 4. The molecule has 2 fully saturated rings. The van der Waals surface area contributed by atoms with E-state index < -0.39 is 0 Å². The van der Waals surface area contributed by atoms with Gasteiger partial charge in [0.15, 0.2) is 5.65 Å². The van der Waals surface area contributed by atoms with E-state index in [1.807, 2.05) is 10.7 Å². The molecule has 5 heteroatoms. The van der Waals surface area contributed by atoms with Crippen LogP contribution in [0.4, 0.5) is 5.82 Å². The Balaban J connectivity index is 1.68. The molecule has 0 bridgehead atoms. The summed E-state index contributed by atoms with van der Waals surface area (Å²) in [5.41, 5.74) is 9.49. The van der Waals surface area contributed by atoms with Crippen LogP contribution in [-0.2, 0) is 12.8 Å². The van der Waals surface area contributed by atoms with E-state index in [0.29, 0.717) is 12.1 Å². The number of aryl methyl sites for hydroxylation is 1. The van der Waals surface area contributed by atoms with Crippen molar-refractivity contribution in [3.8, 4) is 0 Å². The second-order valence-corrected chi connectivity index (χ2v) is 6.95. The van der Waals surface area contributed by atoms with Crippen molar-refractivity contribution in [1.29, 1.82) is 0 Å². The Labute approximate surface area is 131 Å². The van der Waals surface area contributed by atoms with Crippen LogP contribution in [0, 0.1) is 5.92 Å². The lowest BCUT2D eigenvalue weighted by Crippen LogP contribution is -2.22. The van der Waals surface area contributed by atoms with Crippen molar-refractivity contribution in [1.82, 2.24) is 14.6 Å². The van der Waals surface area contributed by atoms with Crippen molar-refractivity contribution in [3.63, 3.8) is 0 Å². The van der Waals surface area contributed by atoms with E-state index in [1.165, 1.54) is 24.1 Å². The highest BCUT2D eigenvalue weighted by atomic mass is 15.3. The third-order valence-corrected chi connectivity index (χ3v) is 5.00. The zero-order valence-corrected chi connectivity index (χ0v) is 13.3. The van der Waals surface area contributed by atoms with Crippen molar-refractivity contribution in [2.45, 2.75) is 64.0 Å². The molecule has 0 radical (unpaired) electrons. The van der Waals surface area contributed by atoms with Crippen LogP contribution in [0.15, 0.2) is 12.3 Å². The molecule has 2 aromatic rings. The van der Waals surface area contributed by atoms with Gasteiger partial charge >= 0.3 is 0 Å². The van der Waals surface area contributed by atoms with E-state index in [0.717, 1.165) is 49.5 Å². The van der Waals surface area contributed by atoms with E-state index in [4.69, 9.17) is 10.7 Å². The van der Waals surface area contributed by atoms with E-state index in [2.05, 4.69) is 23.4 Å². The van der Waals surface area contributed by atoms with Crippen LogP contribution in [0.1, 0.15) is 50.3 Å². The number of nitrogens with one attached hydrogen (secondary N) is 1. The van der Waals surface area contributed by atoms with Gasteiger partial charge in [-0.05, 0) is 50.9 Å². The smallest absolute Gasteiger partial charge is 0.160 e. The fourth-order valence-corrected chi connectivity index (χ4v) is 3.49. The fourth-order valence-electron chi connectivity index (χ4n) is 3.49. The molecule has 0 saturated heterocycles. The van der Waals surface area contributed by atoms with Crippen molar-refractivity contribution in [3.05, 3.63) is 23.5 Å². The number of anilines is 1. The molecular weight excluding hydrogens is 274 g/mol. The van der Waals surface area contributed by atoms with Crippen LogP contribution in [0.5, 0.6) is 0 Å². The largest absolute Gasteiger partial charge is 0.367 e. The van der Waals surface area contributed by atoms with E-state index in [1.54, 1.807) is 0 Å². The molecule has 2 aliphatic carbocycles. The van der Waals surface area contributed by atoms with Gasteiger partial charge in [-0.3, -0.25) is 0 Å². The number of hydrogen-bond donors (Lipinski definition) is 2. The summed E-state index contributed by atoms with van der Waals surface area (Å²) >= 11 is 0. The first kappa shape index (κ1) is 14.0. The average Bonchev–Trinajstić information content (AvgIpc) is 3.06. The summed E-state index contributed by atoms with van der Waals surface area (Å²) in [5.74, 6) is 1.93. The molecule has 0 aromatic carbocycles. The standard InChI is InChI=1S/C17H25N5/c1-2-12-10-19-22-16(20-14-6-5-13(18)8-14)9-15(21-17(12)22)7-11-3-4-11/h9-11,13-14,20H,2-8,18H2,1H3/t13-,14-/m0/s1. The minimum Gasteiger partial charge on any atom is -0.367 e. The molecule has 2 atom stereocenters. The topological polar surface area (TPSA) is 68.2 Å². The molecule has 3 N–H and O–H groups in total. The second-order valence-electron chi connectivity index (χ2n) is 6.95. The maximum Gasteiger partial charge on any atom is 0.160 e. The van der Waals surface area contributed by atoms with Gasteiger partial charge in [-0.15, -0.1) is 0 Å². The summed E-state index contributed by atoms with van der Waals surface area (Å²) in [6, 6.07) is 3.00. The summed E-state index contributed by atoms with van der Waals surface area (Å²) in [6.45, 7) is 2.16. The van der Waals surface area contributed by atoms with Gasteiger partial charge in [0.1, 0.15) is 5.82 Å². The van der Waals surface area contributed by atoms with Crippen LogP contribution in [-0.4, -0.2) is 26.7 Å². The van der Waals surface area contributed by atoms with Gasteiger partial charge in [-0.25, -0.2) is 4.98 Å². The van der Waals surface area contributed by atoms with Crippen molar-refractivity contribution in [2.75, 3.05) is 5.32 Å². The normalized spacial score (nSPS) is 25.0. The molecular formula is C17H25N5. The molecule has 4 rings (SSSR count). The Hall–Kier alpha value is -1.62. The van der Waals surface area contributed by atoms with Crippen LogP contribution in [0.25, 0.3) is 5.65 Å². The lowest BCUT2D eigenvalue weighted by Gasteiger charge is -2.16. The number of aromatic nitrogens is 3. The predicted molar refractivity (Wildman–Crippen MR) is 88.0 cm³/mol. The van der Waals surface area contributed by atoms with Gasteiger partial charge in [0.25, 0.3) is 0 Å². The molecule has 22 heavy (non-hydrogen) atoms. The highest BCUT2D eigenvalue weighted by molar-refractivity contribution is 5.54. The van der Waals surface area contributed by atoms with E-state index in [-0.39, 0.29) is 0 Å². The molecule has 0 spiro atoms. The van der Waals surface area contributed by atoms with Gasteiger partial charge in [0, 0.05) is 29.4 Å². The van der Waals surface area contributed by atoms with E-state index in [9.17, 15) is 0 Å². The molecule has 0 amide bonds. The third-order valence-electron chi connectivity index (χ3n) is 5.00. The molecule has 2 aliphatic rings. The summed E-state index contributed by atoms with van der Waals surface area (Å²) in [6.07, 6.45) is 10.0. The predicted octanol–water partition coefficient (Wildman–Crippen LogP) is 2.54. The molecule has 118 valence electrons. The number of fused-ring (bicyclic) bond motifs is 1. The first-order valence-electron chi connectivity index (χ1n) is 8.61. The van der Waals surface area contributed by atoms with Crippen molar-refractivity contribution < 1.29 is 0 Å². The minimum atomic E-state index is 0.338. The van der Waals surface area contributed by atoms with Crippen LogP contribution in [0.3, 0.4) is 0 Å².